The average Bonchev–Trinajstić information content (AvgIpc) is 3.04. The third kappa shape index (κ3) is 15.1. The fourth-order valence-electron chi connectivity index (χ4n) is 1.53. The van der Waals surface area contributed by atoms with Gasteiger partial charge in [-0.2, -0.15) is 0 Å². The Kier molecular flexibility index (Phi) is 15.7. The predicted octanol–water partition coefficient (Wildman–Crippen LogP) is 7.49. The maximum Gasteiger partial charge on any atom is 0.221 e. The topological polar surface area (TPSA) is 34.1 Å². The van der Waals surface area contributed by atoms with Gasteiger partial charge in [-0.25, -0.2) is 0 Å². The SMILES string of the molecule is Brc1cccs1.CCCCCCC(=O)Cl.O=Cc1cccc(Br)c1. The van der Waals surface area contributed by atoms with Crippen LogP contribution in [-0.2, 0) is 4.79 Å². The van der Waals surface area contributed by atoms with Gasteiger partial charge in [0.05, 0.1) is 3.79 Å². The van der Waals surface area contributed by atoms with E-state index in [-0.39, 0.29) is 5.24 Å². The summed E-state index contributed by atoms with van der Waals surface area (Å²) in [5, 5.41) is 1.83. The van der Waals surface area contributed by atoms with Gasteiger partial charge in [0.25, 0.3) is 0 Å². The number of rotatable bonds is 6. The van der Waals surface area contributed by atoms with Gasteiger partial charge in [0.15, 0.2) is 0 Å². The molecule has 2 nitrogen and oxygen atoms in total. The summed E-state index contributed by atoms with van der Waals surface area (Å²) in [6.45, 7) is 2.14. The number of benzene rings is 1. The first-order chi connectivity index (χ1) is 11.5. The molecule has 132 valence electrons. The molecule has 0 radical (unpaired) electrons. The highest BCUT2D eigenvalue weighted by Gasteiger charge is 1.93. The van der Waals surface area contributed by atoms with Crippen molar-refractivity contribution in [1.82, 2.24) is 0 Å². The number of hydrogen-bond acceptors (Lipinski definition) is 3. The molecule has 0 saturated heterocycles. The smallest absolute Gasteiger partial charge is 0.221 e. The number of thiophene rings is 1. The molecular weight excluding hydrogens is 476 g/mol. The summed E-state index contributed by atoms with van der Waals surface area (Å²) >= 11 is 13.4. The third-order valence-electron chi connectivity index (χ3n) is 2.70. The van der Waals surface area contributed by atoms with Crippen LogP contribution in [-0.4, -0.2) is 11.5 Å². The molecule has 0 atom stereocenters. The quantitative estimate of drug-likeness (QED) is 0.236. The van der Waals surface area contributed by atoms with E-state index in [4.69, 9.17) is 11.6 Å². The van der Waals surface area contributed by atoms with Gasteiger partial charge in [0.2, 0.25) is 5.24 Å². The molecule has 2 rings (SSSR count). The zero-order chi connectivity index (χ0) is 18.2. The van der Waals surface area contributed by atoms with E-state index in [1.807, 2.05) is 29.6 Å². The molecule has 6 heteroatoms. The Balaban J connectivity index is 0.000000337. The normalized spacial score (nSPS) is 9.17. The van der Waals surface area contributed by atoms with Crippen LogP contribution in [0, 0.1) is 0 Å². The molecule has 0 saturated carbocycles. The lowest BCUT2D eigenvalue weighted by molar-refractivity contribution is -0.111. The Bertz CT molecular complexity index is 574. The van der Waals surface area contributed by atoms with Crippen molar-refractivity contribution in [2.75, 3.05) is 0 Å². The molecule has 0 unspecified atom stereocenters. The predicted molar refractivity (Wildman–Crippen MR) is 111 cm³/mol. The van der Waals surface area contributed by atoms with Crippen molar-refractivity contribution in [3.8, 4) is 0 Å². The van der Waals surface area contributed by atoms with Crippen molar-refractivity contribution in [2.24, 2.45) is 0 Å². The molecule has 1 aromatic carbocycles. The van der Waals surface area contributed by atoms with Gasteiger partial charge in [-0.15, -0.1) is 11.3 Å². The van der Waals surface area contributed by atoms with Crippen LogP contribution in [0.25, 0.3) is 0 Å². The molecule has 0 aliphatic carbocycles. The molecule has 0 aliphatic rings. The Morgan fingerprint density at radius 1 is 1.17 bits per heavy atom. The van der Waals surface area contributed by atoms with Crippen LogP contribution in [0.5, 0.6) is 0 Å². The zero-order valence-corrected chi connectivity index (χ0v) is 18.3. The van der Waals surface area contributed by atoms with Crippen LogP contribution in [0.1, 0.15) is 49.4 Å². The first kappa shape index (κ1) is 23.5. The standard InChI is InChI=1S/C7H5BrO.C7H13ClO.C4H3BrS/c8-7-3-1-2-6(4-7)5-9;1-2-3-4-5-6-7(8)9;5-4-2-1-3-6-4/h1-5H;2-6H2,1H3;1-3H. The molecule has 24 heavy (non-hydrogen) atoms. The minimum Gasteiger partial charge on any atom is -0.298 e. The maximum atomic E-state index is 10.2. The van der Waals surface area contributed by atoms with Gasteiger partial charge < -0.3 is 0 Å². The second-order valence-corrected chi connectivity index (χ2v) is 8.42. The molecule has 0 bridgehead atoms. The molecule has 1 heterocycles. The van der Waals surface area contributed by atoms with E-state index in [9.17, 15) is 9.59 Å². The molecule has 1 aromatic heterocycles. The van der Waals surface area contributed by atoms with Crippen LogP contribution in [0.3, 0.4) is 0 Å². The second-order valence-electron chi connectivity index (χ2n) is 4.76. The summed E-state index contributed by atoms with van der Waals surface area (Å²) < 4.78 is 2.13. The van der Waals surface area contributed by atoms with E-state index in [0.717, 1.165) is 23.6 Å². The van der Waals surface area contributed by atoms with Crippen LogP contribution < -0.4 is 0 Å². The zero-order valence-electron chi connectivity index (χ0n) is 13.5. The van der Waals surface area contributed by atoms with Crippen LogP contribution >= 0.6 is 54.8 Å². The number of carbonyl (C=O) groups is 2. The van der Waals surface area contributed by atoms with E-state index in [0.29, 0.717) is 12.0 Å². The molecule has 0 spiro atoms. The summed E-state index contributed by atoms with van der Waals surface area (Å²) in [6, 6.07) is 11.3. The Hall–Kier alpha value is -0.490. The van der Waals surface area contributed by atoms with Crippen molar-refractivity contribution in [3.63, 3.8) is 0 Å². The van der Waals surface area contributed by atoms with Crippen LogP contribution in [0.2, 0.25) is 0 Å². The van der Waals surface area contributed by atoms with Gasteiger partial charge in [-0.05, 0) is 57.5 Å². The van der Waals surface area contributed by atoms with Crippen molar-refractivity contribution >= 4 is 66.3 Å². The summed E-state index contributed by atoms with van der Waals surface area (Å²) in [6.07, 6.45) is 5.87. The molecule has 0 amide bonds. The van der Waals surface area contributed by atoms with E-state index in [1.54, 1.807) is 23.5 Å². The monoisotopic (exact) mass is 494 g/mol. The van der Waals surface area contributed by atoms with Crippen molar-refractivity contribution in [3.05, 3.63) is 55.6 Å². The largest absolute Gasteiger partial charge is 0.298 e. The van der Waals surface area contributed by atoms with Crippen LogP contribution in [0.4, 0.5) is 0 Å². The molecule has 2 aromatic rings. The van der Waals surface area contributed by atoms with Crippen molar-refractivity contribution in [2.45, 2.75) is 39.0 Å². The highest BCUT2D eigenvalue weighted by atomic mass is 79.9. The summed E-state index contributed by atoms with van der Waals surface area (Å²) in [4.78, 5) is 20.3. The Labute approximate surface area is 169 Å². The van der Waals surface area contributed by atoms with E-state index in [2.05, 4.69) is 38.8 Å². The number of unbranched alkanes of at least 4 members (excludes halogenated alkanes) is 3. The fraction of sp³-hybridized carbons (Fsp3) is 0.333. The third-order valence-corrected chi connectivity index (χ3v) is 4.86. The second kappa shape index (κ2) is 16.0. The van der Waals surface area contributed by atoms with Crippen molar-refractivity contribution < 1.29 is 9.59 Å². The van der Waals surface area contributed by atoms with Gasteiger partial charge in [-0.3, -0.25) is 9.59 Å². The minimum absolute atomic E-state index is 0.203. The molecule has 0 fully saturated rings. The average molecular weight is 497 g/mol. The van der Waals surface area contributed by atoms with Gasteiger partial charge in [-0.1, -0.05) is 60.3 Å². The minimum atomic E-state index is -0.203. The van der Waals surface area contributed by atoms with Crippen molar-refractivity contribution in [1.29, 1.82) is 0 Å². The first-order valence-electron chi connectivity index (χ1n) is 7.57. The lowest BCUT2D eigenvalue weighted by atomic mass is 10.2. The number of carbonyl (C=O) groups excluding carboxylic acids is 2. The van der Waals surface area contributed by atoms with Crippen LogP contribution in [0.15, 0.2) is 50.0 Å². The number of halogens is 3. The summed E-state index contributed by atoms with van der Waals surface area (Å²) in [5.74, 6) is 0. The first-order valence-corrected chi connectivity index (χ1v) is 10.4. The van der Waals surface area contributed by atoms with Gasteiger partial charge >= 0.3 is 0 Å². The Morgan fingerprint density at radius 2 is 1.92 bits per heavy atom. The lowest BCUT2D eigenvalue weighted by Crippen LogP contribution is -1.84. The molecule has 0 aliphatic heterocycles. The molecule has 0 N–H and O–H groups in total. The number of hydrogen-bond donors (Lipinski definition) is 0. The summed E-state index contributed by atoms with van der Waals surface area (Å²) in [5.41, 5.74) is 0.698. The van der Waals surface area contributed by atoms with E-state index < -0.39 is 0 Å². The van der Waals surface area contributed by atoms with Gasteiger partial charge in [0, 0.05) is 16.5 Å². The number of aldehydes is 1. The maximum absolute atomic E-state index is 10.2. The van der Waals surface area contributed by atoms with E-state index >= 15 is 0 Å². The molecular formula is C18H21Br2ClO2S. The summed E-state index contributed by atoms with van der Waals surface area (Å²) in [7, 11) is 0. The fourth-order valence-corrected chi connectivity index (χ4v) is 3.00. The highest BCUT2D eigenvalue weighted by molar-refractivity contribution is 9.11. The highest BCUT2D eigenvalue weighted by Crippen LogP contribution is 2.14. The lowest BCUT2D eigenvalue weighted by Gasteiger charge is -1.92. The Morgan fingerprint density at radius 3 is 2.29 bits per heavy atom. The van der Waals surface area contributed by atoms with Gasteiger partial charge in [0.1, 0.15) is 6.29 Å². The van der Waals surface area contributed by atoms with E-state index in [1.165, 1.54) is 16.6 Å².